The maximum atomic E-state index is 5.92. The topological polar surface area (TPSA) is 58.5 Å². The lowest BCUT2D eigenvalue weighted by molar-refractivity contribution is 0.106. The van der Waals surface area contributed by atoms with Crippen LogP contribution in [0, 0.1) is 13.8 Å². The third kappa shape index (κ3) is 6.41. The van der Waals surface area contributed by atoms with Crippen LogP contribution in [0.1, 0.15) is 32.3 Å². The molecule has 3 aromatic rings. The molecule has 0 atom stereocenters. The minimum absolute atomic E-state index is 0.581. The summed E-state index contributed by atoms with van der Waals surface area (Å²) in [6.45, 7) is 6.68. The minimum Gasteiger partial charge on any atom is -0.372 e. The molecule has 5 nitrogen and oxygen atoms in total. The molecule has 1 heterocycles. The van der Waals surface area contributed by atoms with Gasteiger partial charge in [0.15, 0.2) is 5.96 Å². The Bertz CT molecular complexity index is 937. The molecule has 0 spiro atoms. The third-order valence-electron chi connectivity index (χ3n) is 4.57. The SMILES string of the molecule is CN=C(NCc1ccccc1COCc1ccccc1)NCc1sc(C)nc1C. The molecule has 152 valence electrons. The molecule has 0 fully saturated rings. The number of hydrogen-bond donors (Lipinski definition) is 2. The van der Waals surface area contributed by atoms with E-state index in [0.717, 1.165) is 23.2 Å². The molecule has 0 aliphatic rings. The number of guanidine groups is 1. The molecule has 0 aliphatic heterocycles. The molecule has 2 N–H and O–H groups in total. The van der Waals surface area contributed by atoms with E-state index in [2.05, 4.69) is 50.9 Å². The van der Waals surface area contributed by atoms with Gasteiger partial charge in [0, 0.05) is 18.5 Å². The summed E-state index contributed by atoms with van der Waals surface area (Å²) in [5.74, 6) is 0.774. The van der Waals surface area contributed by atoms with Gasteiger partial charge in [0.2, 0.25) is 0 Å². The van der Waals surface area contributed by atoms with Crippen LogP contribution >= 0.6 is 11.3 Å². The molecular weight excluding hydrogens is 380 g/mol. The minimum atomic E-state index is 0.581. The quantitative estimate of drug-likeness (QED) is 0.430. The van der Waals surface area contributed by atoms with Crippen molar-refractivity contribution in [3.8, 4) is 0 Å². The Kier molecular flexibility index (Phi) is 7.78. The van der Waals surface area contributed by atoms with Crippen LogP contribution in [-0.2, 0) is 31.0 Å². The van der Waals surface area contributed by atoms with E-state index in [-0.39, 0.29) is 0 Å². The van der Waals surface area contributed by atoms with Crippen LogP contribution in [0.4, 0.5) is 0 Å². The van der Waals surface area contributed by atoms with Crippen LogP contribution in [0.3, 0.4) is 0 Å². The first-order valence-corrected chi connectivity index (χ1v) is 10.5. The number of aliphatic imine (C=N–C) groups is 1. The third-order valence-corrected chi connectivity index (χ3v) is 5.65. The fourth-order valence-electron chi connectivity index (χ4n) is 3.02. The van der Waals surface area contributed by atoms with Gasteiger partial charge in [-0.2, -0.15) is 0 Å². The van der Waals surface area contributed by atoms with Crippen molar-refractivity contribution in [1.29, 1.82) is 0 Å². The standard InChI is InChI=1S/C23H28N4OS/c1-17-22(29-18(2)27-17)14-26-23(24-3)25-13-20-11-7-8-12-21(20)16-28-15-19-9-5-4-6-10-19/h4-12H,13-16H2,1-3H3,(H2,24,25,26). The average Bonchev–Trinajstić information content (AvgIpc) is 3.07. The molecule has 0 unspecified atom stereocenters. The van der Waals surface area contributed by atoms with Crippen LogP contribution in [0.15, 0.2) is 59.6 Å². The van der Waals surface area contributed by atoms with Gasteiger partial charge in [0.05, 0.1) is 30.5 Å². The summed E-state index contributed by atoms with van der Waals surface area (Å²) in [7, 11) is 1.79. The first kappa shape index (κ1) is 21.0. The van der Waals surface area contributed by atoms with Crippen molar-refractivity contribution in [2.75, 3.05) is 7.05 Å². The zero-order valence-electron chi connectivity index (χ0n) is 17.2. The first-order chi connectivity index (χ1) is 14.2. The molecule has 0 bridgehead atoms. The summed E-state index contributed by atoms with van der Waals surface area (Å²) >= 11 is 1.72. The fourth-order valence-corrected chi connectivity index (χ4v) is 3.90. The van der Waals surface area contributed by atoms with Crippen LogP contribution in [-0.4, -0.2) is 18.0 Å². The van der Waals surface area contributed by atoms with Crippen molar-refractivity contribution >= 4 is 17.3 Å². The lowest BCUT2D eigenvalue weighted by Crippen LogP contribution is -2.36. The van der Waals surface area contributed by atoms with Gasteiger partial charge < -0.3 is 15.4 Å². The van der Waals surface area contributed by atoms with Crippen LogP contribution in [0.25, 0.3) is 0 Å². The number of aryl methyl sites for hydroxylation is 2. The summed E-state index contributed by atoms with van der Waals surface area (Å²) in [5, 5.41) is 7.86. The van der Waals surface area contributed by atoms with E-state index < -0.39 is 0 Å². The van der Waals surface area contributed by atoms with Crippen molar-refractivity contribution in [2.24, 2.45) is 4.99 Å². The van der Waals surface area contributed by atoms with Gasteiger partial charge in [0.1, 0.15) is 0 Å². The Morgan fingerprint density at radius 1 is 0.931 bits per heavy atom. The summed E-state index contributed by atoms with van der Waals surface area (Å²) in [4.78, 5) is 10.0. The zero-order valence-corrected chi connectivity index (χ0v) is 18.1. The number of nitrogens with one attached hydrogen (secondary N) is 2. The van der Waals surface area contributed by atoms with Crippen LogP contribution < -0.4 is 10.6 Å². The van der Waals surface area contributed by atoms with Crippen molar-refractivity contribution < 1.29 is 4.74 Å². The van der Waals surface area contributed by atoms with Gasteiger partial charge in [-0.25, -0.2) is 4.98 Å². The van der Waals surface area contributed by atoms with E-state index in [4.69, 9.17) is 4.74 Å². The van der Waals surface area contributed by atoms with Gasteiger partial charge in [-0.3, -0.25) is 4.99 Å². The first-order valence-electron chi connectivity index (χ1n) is 9.71. The number of rotatable bonds is 8. The average molecular weight is 409 g/mol. The highest BCUT2D eigenvalue weighted by molar-refractivity contribution is 7.11. The largest absolute Gasteiger partial charge is 0.372 e. The van der Waals surface area contributed by atoms with Crippen molar-refractivity contribution in [3.63, 3.8) is 0 Å². The summed E-state index contributed by atoms with van der Waals surface area (Å²) < 4.78 is 5.92. The number of hydrogen-bond acceptors (Lipinski definition) is 4. The van der Waals surface area contributed by atoms with Crippen molar-refractivity contribution in [2.45, 2.75) is 40.2 Å². The Hall–Kier alpha value is -2.70. The Labute approximate surface area is 176 Å². The fraction of sp³-hybridized carbons (Fsp3) is 0.304. The lowest BCUT2D eigenvalue weighted by atomic mass is 10.1. The lowest BCUT2D eigenvalue weighted by Gasteiger charge is -2.14. The molecule has 0 radical (unpaired) electrons. The summed E-state index contributed by atoms with van der Waals surface area (Å²) in [6.07, 6.45) is 0. The van der Waals surface area contributed by atoms with E-state index in [0.29, 0.717) is 19.8 Å². The van der Waals surface area contributed by atoms with E-state index >= 15 is 0 Å². The van der Waals surface area contributed by atoms with Crippen LogP contribution in [0.2, 0.25) is 0 Å². The van der Waals surface area contributed by atoms with Gasteiger partial charge >= 0.3 is 0 Å². The van der Waals surface area contributed by atoms with Gasteiger partial charge in [0.25, 0.3) is 0 Å². The smallest absolute Gasteiger partial charge is 0.191 e. The van der Waals surface area contributed by atoms with Crippen molar-refractivity contribution in [1.82, 2.24) is 15.6 Å². The Morgan fingerprint density at radius 3 is 2.31 bits per heavy atom. The Balaban J connectivity index is 1.52. The number of nitrogens with zero attached hydrogens (tertiary/aromatic N) is 2. The maximum Gasteiger partial charge on any atom is 0.191 e. The highest BCUT2D eigenvalue weighted by atomic mass is 32.1. The van der Waals surface area contributed by atoms with E-state index in [1.807, 2.05) is 38.1 Å². The molecule has 2 aromatic carbocycles. The van der Waals surface area contributed by atoms with Gasteiger partial charge in [-0.15, -0.1) is 11.3 Å². The number of ether oxygens (including phenoxy) is 1. The zero-order chi connectivity index (χ0) is 20.5. The van der Waals surface area contributed by atoms with Gasteiger partial charge in [-0.1, -0.05) is 54.6 Å². The number of aromatic nitrogens is 1. The van der Waals surface area contributed by atoms with E-state index in [1.165, 1.54) is 21.6 Å². The summed E-state index contributed by atoms with van der Waals surface area (Å²) in [6, 6.07) is 18.6. The van der Waals surface area contributed by atoms with Gasteiger partial charge in [-0.05, 0) is 30.5 Å². The normalized spacial score (nSPS) is 11.5. The predicted molar refractivity (Wildman–Crippen MR) is 120 cm³/mol. The highest BCUT2D eigenvalue weighted by Crippen LogP contribution is 2.16. The second-order valence-corrected chi connectivity index (χ2v) is 8.06. The molecule has 29 heavy (non-hydrogen) atoms. The Morgan fingerprint density at radius 2 is 1.62 bits per heavy atom. The van der Waals surface area contributed by atoms with Crippen LogP contribution in [0.5, 0.6) is 0 Å². The number of benzene rings is 2. The monoisotopic (exact) mass is 408 g/mol. The maximum absolute atomic E-state index is 5.92. The molecule has 6 heteroatoms. The number of thiazole rings is 1. The molecule has 1 aromatic heterocycles. The second kappa shape index (κ2) is 10.7. The molecule has 3 rings (SSSR count). The van der Waals surface area contributed by atoms with E-state index in [1.54, 1.807) is 18.4 Å². The molecule has 0 saturated carbocycles. The van der Waals surface area contributed by atoms with E-state index in [9.17, 15) is 0 Å². The van der Waals surface area contributed by atoms with Crippen molar-refractivity contribution in [3.05, 3.63) is 86.9 Å². The summed E-state index contributed by atoms with van der Waals surface area (Å²) in [5.41, 5.74) is 4.64. The molecule has 0 saturated heterocycles. The molecular formula is C23H28N4OS. The molecule has 0 amide bonds. The highest BCUT2D eigenvalue weighted by Gasteiger charge is 2.07. The molecule has 0 aliphatic carbocycles. The predicted octanol–water partition coefficient (Wildman–Crippen LogP) is 4.34. The second-order valence-electron chi connectivity index (χ2n) is 6.77.